The number of aromatic nitrogens is 3. The number of rotatable bonds is 9. The van der Waals surface area contributed by atoms with E-state index in [9.17, 15) is 17.8 Å². The fourth-order valence-electron chi connectivity index (χ4n) is 3.55. The average Bonchev–Trinajstić information content (AvgIpc) is 3.35. The third kappa shape index (κ3) is 6.83. The predicted molar refractivity (Wildman–Crippen MR) is 151 cm³/mol. The van der Waals surface area contributed by atoms with Crippen molar-refractivity contribution in [1.82, 2.24) is 20.3 Å². The zero-order chi connectivity index (χ0) is 29.0. The van der Waals surface area contributed by atoms with Crippen molar-refractivity contribution in [1.29, 1.82) is 0 Å². The normalized spacial score (nSPS) is 12.2. The summed E-state index contributed by atoms with van der Waals surface area (Å²) >= 11 is 1.36. The standard InChI is InChI=1S/C27H27F3N6O2S2/c1-15(37)31-12-13-33-26-32-11-10-20(34-26)24-23(35-25(39-24)27(2,3)4)17-6-5-7-19(22(17)30)36-40(38)21-14-16(28)8-9-18(21)29/h5-11,14,36H,12-13H2,1-4H3,(H,31,37)(H,32,33,34). The molecule has 2 heterocycles. The van der Waals surface area contributed by atoms with Gasteiger partial charge in [0.1, 0.15) is 11.6 Å². The molecule has 0 aliphatic heterocycles. The number of halogens is 3. The minimum atomic E-state index is -2.27. The minimum Gasteiger partial charge on any atom is -0.355 e. The molecule has 1 unspecified atom stereocenters. The molecule has 2 aromatic heterocycles. The Balaban J connectivity index is 1.71. The van der Waals surface area contributed by atoms with E-state index in [1.165, 1.54) is 30.4 Å². The van der Waals surface area contributed by atoms with E-state index in [2.05, 4.69) is 25.3 Å². The largest absolute Gasteiger partial charge is 0.355 e. The molecule has 0 bridgehead atoms. The summed E-state index contributed by atoms with van der Waals surface area (Å²) in [5.74, 6) is -2.24. The van der Waals surface area contributed by atoms with Crippen molar-refractivity contribution in [3.63, 3.8) is 0 Å². The Morgan fingerprint density at radius 1 is 1.05 bits per heavy atom. The molecule has 0 spiro atoms. The Morgan fingerprint density at radius 2 is 1.82 bits per heavy atom. The van der Waals surface area contributed by atoms with Crippen LogP contribution in [-0.2, 0) is 21.2 Å². The van der Waals surface area contributed by atoms with E-state index in [1.807, 2.05) is 20.8 Å². The molecule has 0 aliphatic carbocycles. The summed E-state index contributed by atoms with van der Waals surface area (Å²) in [5.41, 5.74) is 0.415. The molecule has 0 fully saturated rings. The Labute approximate surface area is 236 Å². The van der Waals surface area contributed by atoms with Crippen molar-refractivity contribution < 1.29 is 22.2 Å². The summed E-state index contributed by atoms with van der Waals surface area (Å²) in [6, 6.07) is 8.68. The Morgan fingerprint density at radius 3 is 2.55 bits per heavy atom. The molecule has 1 amide bonds. The second-order valence-electron chi connectivity index (χ2n) is 9.73. The lowest BCUT2D eigenvalue weighted by Gasteiger charge is -2.13. The lowest BCUT2D eigenvalue weighted by Crippen LogP contribution is -2.26. The summed E-state index contributed by atoms with van der Waals surface area (Å²) in [7, 11) is -2.27. The van der Waals surface area contributed by atoms with Crippen molar-refractivity contribution in [2.24, 2.45) is 0 Å². The number of anilines is 2. The number of amides is 1. The van der Waals surface area contributed by atoms with Gasteiger partial charge in [-0.25, -0.2) is 32.3 Å². The number of carbonyl (C=O) groups is 1. The lowest BCUT2D eigenvalue weighted by molar-refractivity contribution is -0.118. The molecule has 40 heavy (non-hydrogen) atoms. The second kappa shape index (κ2) is 12.1. The third-order valence-electron chi connectivity index (χ3n) is 5.49. The topological polar surface area (TPSA) is 109 Å². The molecule has 0 saturated carbocycles. The average molecular weight is 589 g/mol. The highest BCUT2D eigenvalue weighted by molar-refractivity contribution is 7.86. The van der Waals surface area contributed by atoms with Crippen LogP contribution in [0.3, 0.4) is 0 Å². The van der Waals surface area contributed by atoms with Gasteiger partial charge in [0, 0.05) is 37.2 Å². The molecule has 8 nitrogen and oxygen atoms in total. The van der Waals surface area contributed by atoms with E-state index in [4.69, 9.17) is 4.98 Å². The van der Waals surface area contributed by atoms with Gasteiger partial charge in [0.2, 0.25) is 11.9 Å². The minimum absolute atomic E-state index is 0.113. The summed E-state index contributed by atoms with van der Waals surface area (Å²) in [6.45, 7) is 8.17. The van der Waals surface area contributed by atoms with Crippen LogP contribution in [0.2, 0.25) is 0 Å². The Hall–Kier alpha value is -3.84. The van der Waals surface area contributed by atoms with Crippen molar-refractivity contribution >= 4 is 39.9 Å². The smallest absolute Gasteiger partial charge is 0.223 e. The first-order valence-corrected chi connectivity index (χ1v) is 14.2. The molecule has 0 saturated heterocycles. The van der Waals surface area contributed by atoms with E-state index < -0.39 is 33.3 Å². The third-order valence-corrected chi connectivity index (χ3v) is 8.11. The molecule has 4 rings (SSSR count). The van der Waals surface area contributed by atoms with E-state index in [1.54, 1.807) is 18.3 Å². The van der Waals surface area contributed by atoms with Crippen molar-refractivity contribution in [3.05, 3.63) is 71.1 Å². The summed E-state index contributed by atoms with van der Waals surface area (Å²) < 4.78 is 58.9. The molecule has 1 atom stereocenters. The van der Waals surface area contributed by atoms with Crippen LogP contribution in [0.15, 0.2) is 53.6 Å². The van der Waals surface area contributed by atoms with Crippen LogP contribution in [0.5, 0.6) is 0 Å². The SMILES string of the molecule is CC(=O)NCCNc1nccc(-c2sc(C(C)(C)C)nc2-c2cccc(NS(=O)c3cc(F)ccc3F)c2F)n1. The number of hydrogen-bond acceptors (Lipinski definition) is 7. The van der Waals surface area contributed by atoms with E-state index in [-0.39, 0.29) is 22.6 Å². The second-order valence-corrected chi connectivity index (χ2v) is 11.9. The van der Waals surface area contributed by atoms with E-state index in [0.29, 0.717) is 35.3 Å². The van der Waals surface area contributed by atoms with Crippen LogP contribution in [0, 0.1) is 17.5 Å². The first-order chi connectivity index (χ1) is 18.9. The van der Waals surface area contributed by atoms with Gasteiger partial charge in [0.15, 0.2) is 16.8 Å². The van der Waals surface area contributed by atoms with Gasteiger partial charge in [-0.1, -0.05) is 26.8 Å². The first-order valence-electron chi connectivity index (χ1n) is 12.2. The highest BCUT2D eigenvalue weighted by Crippen LogP contribution is 2.42. The Kier molecular flexibility index (Phi) is 8.84. The fourth-order valence-corrected chi connectivity index (χ4v) is 5.59. The maximum Gasteiger partial charge on any atom is 0.223 e. The number of nitrogens with one attached hydrogen (secondary N) is 3. The molecular weight excluding hydrogens is 561 g/mol. The summed E-state index contributed by atoms with van der Waals surface area (Å²) in [6.07, 6.45) is 1.56. The molecular formula is C27H27F3N6O2S2. The maximum absolute atomic E-state index is 15.9. The van der Waals surface area contributed by atoms with Crippen molar-refractivity contribution in [3.8, 4) is 21.8 Å². The predicted octanol–water partition coefficient (Wildman–Crippen LogP) is 5.66. The number of thiazole rings is 1. The van der Waals surface area contributed by atoms with Crippen LogP contribution in [0.4, 0.5) is 24.8 Å². The molecule has 4 aromatic rings. The van der Waals surface area contributed by atoms with Gasteiger partial charge in [0.05, 0.1) is 31.9 Å². The highest BCUT2D eigenvalue weighted by Gasteiger charge is 2.26. The summed E-state index contributed by atoms with van der Waals surface area (Å²) in [4.78, 5) is 24.8. The molecule has 0 aliphatic rings. The van der Waals surface area contributed by atoms with Gasteiger partial charge in [-0.15, -0.1) is 11.3 Å². The first kappa shape index (κ1) is 29.2. The molecule has 3 N–H and O–H groups in total. The van der Waals surface area contributed by atoms with Crippen LogP contribution >= 0.6 is 11.3 Å². The Bertz CT molecular complexity index is 1570. The van der Waals surface area contributed by atoms with Crippen LogP contribution in [0.1, 0.15) is 32.7 Å². The number of hydrogen-bond donors (Lipinski definition) is 3. The van der Waals surface area contributed by atoms with Crippen LogP contribution in [0.25, 0.3) is 21.8 Å². The molecule has 210 valence electrons. The molecule has 13 heteroatoms. The molecule has 0 radical (unpaired) electrons. The van der Waals surface area contributed by atoms with Crippen LogP contribution in [-0.4, -0.2) is 38.2 Å². The van der Waals surface area contributed by atoms with Gasteiger partial charge >= 0.3 is 0 Å². The van der Waals surface area contributed by atoms with Crippen molar-refractivity contribution in [2.45, 2.75) is 38.0 Å². The molecule has 2 aromatic carbocycles. The van der Waals surface area contributed by atoms with E-state index >= 15 is 4.39 Å². The number of nitrogens with zero attached hydrogens (tertiary/aromatic N) is 3. The van der Waals surface area contributed by atoms with Crippen LogP contribution < -0.4 is 15.4 Å². The van der Waals surface area contributed by atoms with Gasteiger partial charge in [-0.2, -0.15) is 0 Å². The van der Waals surface area contributed by atoms with Gasteiger partial charge in [0.25, 0.3) is 0 Å². The van der Waals surface area contributed by atoms with Gasteiger partial charge in [-0.05, 0) is 36.4 Å². The maximum atomic E-state index is 15.9. The highest BCUT2D eigenvalue weighted by atomic mass is 32.2. The van der Waals surface area contributed by atoms with Crippen molar-refractivity contribution in [2.75, 3.05) is 23.1 Å². The quantitative estimate of drug-likeness (QED) is 0.218. The fraction of sp³-hybridized carbons (Fsp3) is 0.259. The van der Waals surface area contributed by atoms with Gasteiger partial charge in [-0.3, -0.25) is 9.52 Å². The zero-order valence-corrected chi connectivity index (χ0v) is 23.8. The van der Waals surface area contributed by atoms with E-state index in [0.717, 1.165) is 23.2 Å². The monoisotopic (exact) mass is 588 g/mol. The summed E-state index contributed by atoms with van der Waals surface area (Å²) in [5, 5.41) is 6.46. The number of carbonyl (C=O) groups excluding carboxylic acids is 1. The van der Waals surface area contributed by atoms with Gasteiger partial charge < -0.3 is 10.6 Å². The lowest BCUT2D eigenvalue weighted by atomic mass is 9.98. The zero-order valence-electron chi connectivity index (χ0n) is 22.1. The number of benzene rings is 2.